The molecule has 1 saturated carbocycles. The molecule has 0 amide bonds. The molecule has 1 N–H and O–H groups in total. The van der Waals surface area contributed by atoms with Crippen LogP contribution in [0.15, 0.2) is 0 Å². The quantitative estimate of drug-likeness (QED) is 0.823. The van der Waals surface area contributed by atoms with Crippen LogP contribution in [0.25, 0.3) is 0 Å². The number of hydrogen-bond donors (Lipinski definition) is 1. The molecule has 2 heterocycles. The monoisotopic (exact) mass is 254 g/mol. The van der Waals surface area contributed by atoms with Gasteiger partial charge in [-0.15, -0.1) is 0 Å². The summed E-state index contributed by atoms with van der Waals surface area (Å²) < 4.78 is 11.8. The second-order valence-electron chi connectivity index (χ2n) is 6.58. The zero-order valence-corrected chi connectivity index (χ0v) is 11.4. The molecule has 18 heavy (non-hydrogen) atoms. The molecule has 104 valence electrons. The third kappa shape index (κ3) is 2.33. The minimum atomic E-state index is -0.288. The third-order valence-electron chi connectivity index (χ3n) is 5.31. The van der Waals surface area contributed by atoms with Gasteiger partial charge in [-0.3, -0.25) is 0 Å². The van der Waals surface area contributed by atoms with E-state index in [1.54, 1.807) is 0 Å². The normalized spacial score (nSPS) is 41.3. The van der Waals surface area contributed by atoms with Crippen LogP contribution in [0.1, 0.15) is 51.9 Å². The Kier molecular flexibility index (Phi) is 3.65. The average molecular weight is 254 g/mol. The predicted molar refractivity (Wildman–Crippen MR) is 69.4 cm³/mol. The van der Waals surface area contributed by atoms with E-state index < -0.39 is 0 Å². The smallest absolute Gasteiger partial charge is 0.0862 e. The third-order valence-corrected chi connectivity index (χ3v) is 5.31. The Morgan fingerprint density at radius 1 is 1.17 bits per heavy atom. The molecule has 4 unspecified atom stereocenters. The highest BCUT2D eigenvalue weighted by molar-refractivity contribution is 4.95. The van der Waals surface area contributed by atoms with Crippen molar-refractivity contribution in [2.24, 2.45) is 11.8 Å². The molecule has 0 bridgehead atoms. The van der Waals surface area contributed by atoms with E-state index in [0.717, 1.165) is 32.5 Å². The Morgan fingerprint density at radius 3 is 2.61 bits per heavy atom. The zero-order chi connectivity index (χ0) is 12.6. The number of aliphatic hydroxyl groups excluding tert-OH is 1. The molecule has 3 fully saturated rings. The molecule has 0 aromatic rings. The summed E-state index contributed by atoms with van der Waals surface area (Å²) in [5.74, 6) is 0.879. The molecule has 2 saturated heterocycles. The fraction of sp³-hybridized carbons (Fsp3) is 1.00. The van der Waals surface area contributed by atoms with Crippen molar-refractivity contribution in [1.82, 2.24) is 0 Å². The molecule has 3 rings (SSSR count). The van der Waals surface area contributed by atoms with Gasteiger partial charge in [0.2, 0.25) is 0 Å². The first-order valence-corrected chi connectivity index (χ1v) is 7.64. The Bertz CT molecular complexity index is 285. The van der Waals surface area contributed by atoms with Crippen molar-refractivity contribution >= 4 is 0 Å². The molecule has 4 atom stereocenters. The van der Waals surface area contributed by atoms with Crippen LogP contribution in [0.5, 0.6) is 0 Å². The van der Waals surface area contributed by atoms with Gasteiger partial charge in [-0.1, -0.05) is 19.8 Å². The second kappa shape index (κ2) is 5.10. The molecule has 1 spiro atoms. The number of rotatable bonds is 2. The van der Waals surface area contributed by atoms with E-state index in [-0.39, 0.29) is 17.8 Å². The summed E-state index contributed by atoms with van der Waals surface area (Å²) in [5, 5.41) is 10.6. The Hall–Kier alpha value is -0.120. The Labute approximate surface area is 110 Å². The van der Waals surface area contributed by atoms with Crippen LogP contribution in [-0.4, -0.2) is 36.1 Å². The summed E-state index contributed by atoms with van der Waals surface area (Å²) in [4.78, 5) is 0. The second-order valence-corrected chi connectivity index (χ2v) is 6.58. The number of ether oxygens (including phenoxy) is 2. The van der Waals surface area contributed by atoms with E-state index in [9.17, 15) is 5.11 Å². The molecule has 1 aliphatic carbocycles. The van der Waals surface area contributed by atoms with Gasteiger partial charge in [-0.05, 0) is 43.9 Å². The minimum absolute atomic E-state index is 0.0616. The first-order valence-electron chi connectivity index (χ1n) is 7.64. The lowest BCUT2D eigenvalue weighted by Crippen LogP contribution is -2.45. The van der Waals surface area contributed by atoms with Crippen LogP contribution in [-0.2, 0) is 9.47 Å². The first-order chi connectivity index (χ1) is 8.70. The highest BCUT2D eigenvalue weighted by Crippen LogP contribution is 2.44. The van der Waals surface area contributed by atoms with Gasteiger partial charge >= 0.3 is 0 Å². The van der Waals surface area contributed by atoms with Crippen LogP contribution in [0.4, 0.5) is 0 Å². The van der Waals surface area contributed by atoms with E-state index in [4.69, 9.17) is 9.47 Å². The average Bonchev–Trinajstić information content (AvgIpc) is 2.98. The van der Waals surface area contributed by atoms with Gasteiger partial charge in [-0.2, -0.15) is 0 Å². The van der Waals surface area contributed by atoms with Crippen LogP contribution >= 0.6 is 0 Å². The van der Waals surface area contributed by atoms with E-state index in [0.29, 0.717) is 11.8 Å². The maximum Gasteiger partial charge on any atom is 0.0862 e. The van der Waals surface area contributed by atoms with Crippen molar-refractivity contribution < 1.29 is 14.6 Å². The van der Waals surface area contributed by atoms with Crippen LogP contribution < -0.4 is 0 Å². The van der Waals surface area contributed by atoms with E-state index in [1.165, 1.54) is 25.7 Å². The minimum Gasteiger partial charge on any atom is -0.390 e. The van der Waals surface area contributed by atoms with Crippen molar-refractivity contribution in [3.63, 3.8) is 0 Å². The standard InChI is InChI=1S/C15H26O3/c1-11-4-8-17-14(11)13(16)12-5-9-18-15(10-12)6-2-3-7-15/h11-14,16H,2-10H2,1H3. The Morgan fingerprint density at radius 2 is 1.94 bits per heavy atom. The van der Waals surface area contributed by atoms with Crippen molar-refractivity contribution in [2.45, 2.75) is 69.7 Å². The van der Waals surface area contributed by atoms with Crippen molar-refractivity contribution in [3.05, 3.63) is 0 Å². The summed E-state index contributed by atoms with van der Waals surface area (Å²) in [7, 11) is 0. The van der Waals surface area contributed by atoms with Gasteiger partial charge in [0.25, 0.3) is 0 Å². The van der Waals surface area contributed by atoms with Gasteiger partial charge < -0.3 is 14.6 Å². The van der Waals surface area contributed by atoms with Gasteiger partial charge in [0, 0.05) is 13.2 Å². The zero-order valence-electron chi connectivity index (χ0n) is 11.4. The van der Waals surface area contributed by atoms with Gasteiger partial charge in [0.1, 0.15) is 0 Å². The lowest BCUT2D eigenvalue weighted by molar-refractivity contribution is -0.133. The van der Waals surface area contributed by atoms with Crippen LogP contribution in [0.2, 0.25) is 0 Å². The fourth-order valence-electron chi connectivity index (χ4n) is 4.15. The number of aliphatic hydroxyl groups is 1. The van der Waals surface area contributed by atoms with E-state index in [2.05, 4.69) is 6.92 Å². The molecule has 0 radical (unpaired) electrons. The topological polar surface area (TPSA) is 38.7 Å². The molecule has 3 aliphatic rings. The lowest BCUT2D eigenvalue weighted by Gasteiger charge is -2.41. The van der Waals surface area contributed by atoms with Crippen molar-refractivity contribution in [1.29, 1.82) is 0 Å². The van der Waals surface area contributed by atoms with Crippen LogP contribution in [0, 0.1) is 11.8 Å². The van der Waals surface area contributed by atoms with Crippen LogP contribution in [0.3, 0.4) is 0 Å². The fourth-order valence-corrected chi connectivity index (χ4v) is 4.15. The molecule has 2 aliphatic heterocycles. The maximum atomic E-state index is 10.6. The lowest BCUT2D eigenvalue weighted by atomic mass is 9.78. The largest absolute Gasteiger partial charge is 0.390 e. The molecule has 3 nitrogen and oxygen atoms in total. The van der Waals surface area contributed by atoms with Gasteiger partial charge in [0.05, 0.1) is 17.8 Å². The maximum absolute atomic E-state index is 10.6. The SMILES string of the molecule is CC1CCOC1C(O)C1CCOC2(CCCC2)C1. The molecule has 3 heteroatoms. The first kappa shape index (κ1) is 12.9. The highest BCUT2D eigenvalue weighted by atomic mass is 16.5. The summed E-state index contributed by atoms with van der Waals surface area (Å²) in [6.45, 7) is 3.84. The predicted octanol–water partition coefficient (Wildman–Crippen LogP) is 2.51. The summed E-state index contributed by atoms with van der Waals surface area (Å²) in [6, 6.07) is 0. The van der Waals surface area contributed by atoms with E-state index in [1.807, 2.05) is 0 Å². The summed E-state index contributed by atoms with van der Waals surface area (Å²) in [6.07, 6.45) is 7.87. The van der Waals surface area contributed by atoms with E-state index >= 15 is 0 Å². The van der Waals surface area contributed by atoms with Gasteiger partial charge in [0.15, 0.2) is 0 Å². The highest BCUT2D eigenvalue weighted by Gasteiger charge is 2.44. The van der Waals surface area contributed by atoms with Crippen molar-refractivity contribution in [3.8, 4) is 0 Å². The summed E-state index contributed by atoms with van der Waals surface area (Å²) >= 11 is 0. The molecule has 0 aromatic carbocycles. The summed E-state index contributed by atoms with van der Waals surface area (Å²) in [5.41, 5.74) is 0.103. The number of hydrogen-bond acceptors (Lipinski definition) is 3. The van der Waals surface area contributed by atoms with Gasteiger partial charge in [-0.25, -0.2) is 0 Å². The Balaban J connectivity index is 1.64. The molecular weight excluding hydrogens is 228 g/mol. The molecule has 0 aromatic heterocycles. The molecular formula is C15H26O3. The van der Waals surface area contributed by atoms with Crippen molar-refractivity contribution in [2.75, 3.05) is 13.2 Å².